The number of benzene rings is 2. The van der Waals surface area contributed by atoms with Crippen LogP contribution in [0.2, 0.25) is 0 Å². The molecule has 0 atom stereocenters. The van der Waals surface area contributed by atoms with Gasteiger partial charge in [0, 0.05) is 12.1 Å². The molecule has 21 heavy (non-hydrogen) atoms. The van der Waals surface area contributed by atoms with E-state index in [2.05, 4.69) is 39.1 Å². The Morgan fingerprint density at radius 2 is 1.57 bits per heavy atom. The first-order valence-corrected chi connectivity index (χ1v) is 7.52. The van der Waals surface area contributed by atoms with Crippen LogP contribution < -0.4 is 5.32 Å². The molecule has 0 aliphatic heterocycles. The van der Waals surface area contributed by atoms with Gasteiger partial charge in [-0.25, -0.2) is 4.39 Å². The summed E-state index contributed by atoms with van der Waals surface area (Å²) in [6, 6.07) is 7.79. The summed E-state index contributed by atoms with van der Waals surface area (Å²) in [5, 5.41) is 3.17. The predicted molar refractivity (Wildman–Crippen MR) is 88.2 cm³/mol. The van der Waals surface area contributed by atoms with Crippen LogP contribution in [0.1, 0.15) is 34.7 Å². The Labute approximate surface area is 127 Å². The summed E-state index contributed by atoms with van der Waals surface area (Å²) in [5.74, 6) is -0.133. The van der Waals surface area contributed by atoms with Crippen molar-refractivity contribution in [1.82, 2.24) is 5.32 Å². The van der Waals surface area contributed by atoms with Crippen molar-refractivity contribution in [3.63, 3.8) is 0 Å². The van der Waals surface area contributed by atoms with E-state index < -0.39 is 0 Å². The number of aryl methyl sites for hydroxylation is 2. The summed E-state index contributed by atoms with van der Waals surface area (Å²) < 4.78 is 14.3. The third-order valence-corrected chi connectivity index (χ3v) is 4.27. The zero-order chi connectivity index (χ0) is 15.6. The summed E-state index contributed by atoms with van der Waals surface area (Å²) in [7, 11) is 0. The van der Waals surface area contributed by atoms with Crippen LogP contribution in [0.3, 0.4) is 0 Å². The normalized spacial score (nSPS) is 11.0. The van der Waals surface area contributed by atoms with Crippen molar-refractivity contribution >= 4 is 0 Å². The molecule has 0 amide bonds. The van der Waals surface area contributed by atoms with Gasteiger partial charge in [0.2, 0.25) is 0 Å². The highest BCUT2D eigenvalue weighted by Crippen LogP contribution is 2.32. The third-order valence-electron chi connectivity index (χ3n) is 4.27. The van der Waals surface area contributed by atoms with E-state index in [0.717, 1.165) is 17.7 Å². The monoisotopic (exact) mass is 285 g/mol. The number of nitrogens with one attached hydrogen (secondary N) is 1. The molecule has 0 heterocycles. The molecular formula is C19H24FN. The first kappa shape index (κ1) is 15.7. The Morgan fingerprint density at radius 3 is 2.10 bits per heavy atom. The van der Waals surface area contributed by atoms with E-state index in [-0.39, 0.29) is 5.82 Å². The molecular weight excluding hydrogens is 261 g/mol. The van der Waals surface area contributed by atoms with Gasteiger partial charge in [0.15, 0.2) is 0 Å². The van der Waals surface area contributed by atoms with Crippen LogP contribution in [-0.4, -0.2) is 6.54 Å². The Bertz CT molecular complexity index is 633. The molecule has 0 spiro atoms. The van der Waals surface area contributed by atoms with Crippen molar-refractivity contribution in [2.45, 2.75) is 41.2 Å². The van der Waals surface area contributed by atoms with Gasteiger partial charge < -0.3 is 5.32 Å². The highest BCUT2D eigenvalue weighted by molar-refractivity contribution is 5.73. The fourth-order valence-corrected chi connectivity index (χ4v) is 2.76. The van der Waals surface area contributed by atoms with Crippen LogP contribution >= 0.6 is 0 Å². The van der Waals surface area contributed by atoms with E-state index in [1.165, 1.54) is 27.8 Å². The summed E-state index contributed by atoms with van der Waals surface area (Å²) in [4.78, 5) is 0. The minimum atomic E-state index is -0.133. The first-order valence-electron chi connectivity index (χ1n) is 7.52. The van der Waals surface area contributed by atoms with Crippen LogP contribution in [0.4, 0.5) is 4.39 Å². The van der Waals surface area contributed by atoms with Gasteiger partial charge in [-0.1, -0.05) is 25.1 Å². The van der Waals surface area contributed by atoms with E-state index in [4.69, 9.17) is 0 Å². The third kappa shape index (κ3) is 3.16. The maximum Gasteiger partial charge on any atom is 0.128 e. The standard InChI is InChI=1S/C19H24FN/c1-6-21-11-17-8-7-16(10-18(17)20)19-14(4)12(2)9-13(3)15(19)5/h7-10,21H,6,11H2,1-5H3. The zero-order valence-corrected chi connectivity index (χ0v) is 13.6. The quantitative estimate of drug-likeness (QED) is 0.848. The van der Waals surface area contributed by atoms with Crippen molar-refractivity contribution in [2.24, 2.45) is 0 Å². The van der Waals surface area contributed by atoms with Crippen LogP contribution in [0.5, 0.6) is 0 Å². The fraction of sp³-hybridized carbons (Fsp3) is 0.368. The predicted octanol–water partition coefficient (Wildman–Crippen LogP) is 4.84. The van der Waals surface area contributed by atoms with E-state index >= 15 is 0 Å². The van der Waals surface area contributed by atoms with Crippen molar-refractivity contribution in [2.75, 3.05) is 6.54 Å². The highest BCUT2D eigenvalue weighted by Gasteiger charge is 2.12. The van der Waals surface area contributed by atoms with Gasteiger partial charge in [0.05, 0.1) is 0 Å². The van der Waals surface area contributed by atoms with Crippen molar-refractivity contribution in [1.29, 1.82) is 0 Å². The molecule has 0 unspecified atom stereocenters. The molecule has 2 rings (SSSR count). The molecule has 112 valence electrons. The van der Waals surface area contributed by atoms with Gasteiger partial charge in [-0.15, -0.1) is 0 Å². The Balaban J connectivity index is 2.51. The fourth-order valence-electron chi connectivity index (χ4n) is 2.76. The number of hydrogen-bond donors (Lipinski definition) is 1. The SMILES string of the molecule is CCNCc1ccc(-c2c(C)c(C)cc(C)c2C)cc1F. The van der Waals surface area contributed by atoms with Gasteiger partial charge >= 0.3 is 0 Å². The second kappa shape index (κ2) is 6.40. The Morgan fingerprint density at radius 1 is 0.952 bits per heavy atom. The van der Waals surface area contributed by atoms with Crippen LogP contribution in [-0.2, 0) is 6.54 Å². The van der Waals surface area contributed by atoms with Gasteiger partial charge in [-0.3, -0.25) is 0 Å². The lowest BCUT2D eigenvalue weighted by molar-refractivity contribution is 0.594. The summed E-state index contributed by atoms with van der Waals surface area (Å²) >= 11 is 0. The van der Waals surface area contributed by atoms with Crippen LogP contribution in [0, 0.1) is 33.5 Å². The van der Waals surface area contributed by atoms with Gasteiger partial charge in [0.1, 0.15) is 5.82 Å². The molecule has 0 saturated carbocycles. The minimum Gasteiger partial charge on any atom is -0.313 e. The molecule has 0 aliphatic rings. The number of hydrogen-bond acceptors (Lipinski definition) is 1. The summed E-state index contributed by atoms with van der Waals surface area (Å²) in [5.41, 5.74) is 7.83. The lowest BCUT2D eigenvalue weighted by Crippen LogP contribution is -2.12. The maximum absolute atomic E-state index is 14.3. The average Bonchev–Trinajstić information content (AvgIpc) is 2.44. The lowest BCUT2D eigenvalue weighted by atomic mass is 9.89. The topological polar surface area (TPSA) is 12.0 Å². The first-order chi connectivity index (χ1) is 9.95. The van der Waals surface area contributed by atoms with Gasteiger partial charge in [-0.2, -0.15) is 0 Å². The lowest BCUT2D eigenvalue weighted by Gasteiger charge is -2.16. The average molecular weight is 285 g/mol. The number of rotatable bonds is 4. The molecule has 0 bridgehead atoms. The number of halogens is 1. The largest absolute Gasteiger partial charge is 0.313 e. The highest BCUT2D eigenvalue weighted by atomic mass is 19.1. The van der Waals surface area contributed by atoms with E-state index in [0.29, 0.717) is 6.54 Å². The van der Waals surface area contributed by atoms with Crippen molar-refractivity contribution < 1.29 is 4.39 Å². The van der Waals surface area contributed by atoms with Crippen molar-refractivity contribution in [3.8, 4) is 11.1 Å². The molecule has 0 fully saturated rings. The maximum atomic E-state index is 14.3. The van der Waals surface area contributed by atoms with Gasteiger partial charge in [0.25, 0.3) is 0 Å². The minimum absolute atomic E-state index is 0.133. The van der Waals surface area contributed by atoms with Crippen LogP contribution in [0.25, 0.3) is 11.1 Å². The molecule has 1 N–H and O–H groups in total. The second-order valence-electron chi connectivity index (χ2n) is 5.72. The Kier molecular flexibility index (Phi) is 4.79. The van der Waals surface area contributed by atoms with E-state index in [1.807, 2.05) is 19.1 Å². The molecule has 2 aromatic carbocycles. The van der Waals surface area contributed by atoms with E-state index in [1.54, 1.807) is 6.07 Å². The van der Waals surface area contributed by atoms with Gasteiger partial charge in [-0.05, 0) is 73.7 Å². The molecule has 1 nitrogen and oxygen atoms in total. The molecule has 0 radical (unpaired) electrons. The van der Waals surface area contributed by atoms with Crippen LogP contribution in [0.15, 0.2) is 24.3 Å². The molecule has 2 heteroatoms. The smallest absolute Gasteiger partial charge is 0.128 e. The Hall–Kier alpha value is -1.67. The molecule has 0 aromatic heterocycles. The molecule has 0 saturated heterocycles. The summed E-state index contributed by atoms with van der Waals surface area (Å²) in [6.07, 6.45) is 0. The van der Waals surface area contributed by atoms with Crippen molar-refractivity contribution in [3.05, 3.63) is 57.9 Å². The molecule has 2 aromatic rings. The molecule has 0 aliphatic carbocycles. The summed E-state index contributed by atoms with van der Waals surface area (Å²) in [6.45, 7) is 11.9. The second-order valence-corrected chi connectivity index (χ2v) is 5.72. The van der Waals surface area contributed by atoms with E-state index in [9.17, 15) is 4.39 Å². The zero-order valence-electron chi connectivity index (χ0n) is 13.6.